The molecule has 196 valence electrons. The van der Waals surface area contributed by atoms with E-state index in [1.165, 1.54) is 6.42 Å². The van der Waals surface area contributed by atoms with Crippen molar-refractivity contribution in [2.45, 2.75) is 31.4 Å². The number of rotatable bonds is 14. The molecule has 0 aliphatic carbocycles. The largest absolute Gasteiger partial charge is 0.483 e. The Morgan fingerprint density at radius 1 is 1.19 bits per heavy atom. The molecule has 0 aromatic heterocycles. The Kier molecular flexibility index (Phi) is 11.6. The van der Waals surface area contributed by atoms with Crippen LogP contribution in [-0.2, 0) is 14.2 Å². The summed E-state index contributed by atoms with van der Waals surface area (Å²) >= 11 is 6.26. The van der Waals surface area contributed by atoms with E-state index in [1.807, 2.05) is 55.6 Å². The molecule has 0 bridgehead atoms. The van der Waals surface area contributed by atoms with Crippen molar-refractivity contribution in [1.29, 1.82) is 0 Å². The summed E-state index contributed by atoms with van der Waals surface area (Å²) in [4.78, 5) is 13.0. The lowest BCUT2D eigenvalue weighted by molar-refractivity contribution is 0.0478. The second-order valence-corrected chi connectivity index (χ2v) is 9.44. The van der Waals surface area contributed by atoms with Gasteiger partial charge in [-0.15, -0.1) is 0 Å². The monoisotopic (exact) mass is 515 g/mol. The number of halogens is 1. The minimum atomic E-state index is -0.384. The highest BCUT2D eigenvalue weighted by Crippen LogP contribution is 2.28. The van der Waals surface area contributed by atoms with Crippen LogP contribution in [0.3, 0.4) is 0 Å². The number of ether oxygens (including phenoxy) is 3. The van der Waals surface area contributed by atoms with E-state index in [-0.39, 0.29) is 18.1 Å². The number of carbonyl (C=O) groups excluding carboxylic acids is 1. The minimum absolute atomic E-state index is 0.111. The summed E-state index contributed by atoms with van der Waals surface area (Å²) in [5.41, 5.74) is 2.38. The number of benzene rings is 2. The molecule has 0 saturated carbocycles. The average molecular weight is 516 g/mol. The number of likely N-dealkylation sites (N-methyl/N-ethyl adjacent to an activating group) is 1. The lowest BCUT2D eigenvalue weighted by Gasteiger charge is -2.26. The molecule has 8 heteroatoms. The molecule has 2 aromatic carbocycles. The molecule has 3 atom stereocenters. The van der Waals surface area contributed by atoms with E-state index in [4.69, 9.17) is 25.8 Å². The van der Waals surface area contributed by atoms with Gasteiger partial charge in [0.15, 0.2) is 5.88 Å². The van der Waals surface area contributed by atoms with Gasteiger partial charge in [0.1, 0.15) is 6.10 Å². The first-order valence-corrected chi connectivity index (χ1v) is 12.8. The van der Waals surface area contributed by atoms with Gasteiger partial charge in [0.2, 0.25) is 0 Å². The summed E-state index contributed by atoms with van der Waals surface area (Å²) in [5.74, 6) is 0.898. The van der Waals surface area contributed by atoms with Crippen molar-refractivity contribution in [3.63, 3.8) is 0 Å². The Bertz CT molecular complexity index is 981. The number of hydrogen-bond donors (Lipinski definition) is 3. The Hall–Kier alpha value is -2.58. The van der Waals surface area contributed by atoms with E-state index in [1.54, 1.807) is 7.11 Å². The lowest BCUT2D eigenvalue weighted by atomic mass is 9.94. The molecule has 1 heterocycles. The third-order valence-corrected chi connectivity index (χ3v) is 6.58. The molecule has 1 saturated heterocycles. The summed E-state index contributed by atoms with van der Waals surface area (Å²) in [6.07, 6.45) is 2.87. The highest BCUT2D eigenvalue weighted by atomic mass is 35.5. The third kappa shape index (κ3) is 8.82. The van der Waals surface area contributed by atoms with Gasteiger partial charge in [-0.05, 0) is 74.2 Å². The molecule has 3 rings (SSSR count). The van der Waals surface area contributed by atoms with Gasteiger partial charge in [-0.1, -0.05) is 35.9 Å². The molecule has 1 fully saturated rings. The molecule has 1 aliphatic rings. The number of carbonyl (C=O) groups is 1. The number of nitrogens with one attached hydrogen (secondary N) is 3. The van der Waals surface area contributed by atoms with Crippen LogP contribution in [0.4, 0.5) is 0 Å². The SMILES string of the molecule is C=C(NCCO[C@@H](c1cccc(Cl)c1)c1cccc(C(=O)NCC(CC2CCCOC2)NC)c1)OC. The number of hydrogen-bond acceptors (Lipinski definition) is 6. The predicted molar refractivity (Wildman–Crippen MR) is 143 cm³/mol. The zero-order valence-electron chi connectivity index (χ0n) is 21.2. The van der Waals surface area contributed by atoms with Crippen LogP contribution in [-0.4, -0.2) is 59.0 Å². The van der Waals surface area contributed by atoms with Gasteiger partial charge in [-0.25, -0.2) is 0 Å². The molecule has 0 spiro atoms. The van der Waals surface area contributed by atoms with Gasteiger partial charge < -0.3 is 30.2 Å². The highest BCUT2D eigenvalue weighted by molar-refractivity contribution is 6.30. The molecule has 1 aliphatic heterocycles. The first-order chi connectivity index (χ1) is 17.5. The van der Waals surface area contributed by atoms with Gasteiger partial charge in [-0.3, -0.25) is 4.79 Å². The van der Waals surface area contributed by atoms with Crippen LogP contribution in [0.1, 0.15) is 46.9 Å². The topological polar surface area (TPSA) is 80.9 Å². The van der Waals surface area contributed by atoms with Crippen LogP contribution in [0.2, 0.25) is 5.02 Å². The Balaban J connectivity index is 1.66. The van der Waals surface area contributed by atoms with Crippen LogP contribution in [0, 0.1) is 5.92 Å². The highest BCUT2D eigenvalue weighted by Gasteiger charge is 2.20. The molecule has 2 aromatic rings. The van der Waals surface area contributed by atoms with Crippen molar-refractivity contribution in [1.82, 2.24) is 16.0 Å². The first-order valence-electron chi connectivity index (χ1n) is 12.5. The summed E-state index contributed by atoms with van der Waals surface area (Å²) in [6.45, 7) is 6.90. The molecular formula is C28H38ClN3O4. The van der Waals surface area contributed by atoms with Crippen LogP contribution in [0.15, 0.2) is 61.0 Å². The Morgan fingerprint density at radius 2 is 1.97 bits per heavy atom. The molecule has 1 amide bonds. The van der Waals surface area contributed by atoms with Crippen LogP contribution in [0.25, 0.3) is 0 Å². The van der Waals surface area contributed by atoms with Gasteiger partial charge in [-0.2, -0.15) is 0 Å². The van der Waals surface area contributed by atoms with E-state index in [2.05, 4.69) is 22.5 Å². The van der Waals surface area contributed by atoms with Crippen molar-refractivity contribution >= 4 is 17.5 Å². The maximum absolute atomic E-state index is 13.0. The van der Waals surface area contributed by atoms with E-state index in [0.29, 0.717) is 42.1 Å². The maximum Gasteiger partial charge on any atom is 0.251 e. The number of methoxy groups -OCH3 is 1. The first kappa shape index (κ1) is 28.0. The average Bonchev–Trinajstić information content (AvgIpc) is 2.91. The molecular weight excluding hydrogens is 478 g/mol. The zero-order valence-corrected chi connectivity index (χ0v) is 22.0. The fourth-order valence-corrected chi connectivity index (χ4v) is 4.55. The summed E-state index contributed by atoms with van der Waals surface area (Å²) in [7, 11) is 3.50. The Morgan fingerprint density at radius 3 is 2.67 bits per heavy atom. The summed E-state index contributed by atoms with van der Waals surface area (Å²) in [5, 5.41) is 10.1. The quantitative estimate of drug-likeness (QED) is 0.257. The van der Waals surface area contributed by atoms with Gasteiger partial charge in [0, 0.05) is 42.9 Å². The second kappa shape index (κ2) is 14.9. The predicted octanol–water partition coefficient (Wildman–Crippen LogP) is 4.29. The van der Waals surface area contributed by atoms with E-state index < -0.39 is 0 Å². The standard InChI is InChI=1S/C28H38ClN3O4/c1-20(34-3)31-12-14-36-27(23-9-5-11-25(29)17-23)22-8-4-10-24(16-22)28(33)32-18-26(30-2)15-21-7-6-13-35-19-21/h4-5,8-11,16-17,21,26-27,30-31H,1,6-7,12-15,18-19H2,2-3H3,(H,32,33)/t21?,26?,27-/m1/s1. The normalized spacial score (nSPS) is 17.1. The van der Waals surface area contributed by atoms with Crippen LogP contribution < -0.4 is 16.0 Å². The molecule has 3 N–H and O–H groups in total. The smallest absolute Gasteiger partial charge is 0.251 e. The van der Waals surface area contributed by atoms with Crippen molar-refractivity contribution in [3.05, 3.63) is 82.7 Å². The molecule has 36 heavy (non-hydrogen) atoms. The van der Waals surface area contributed by atoms with Crippen molar-refractivity contribution in [2.75, 3.05) is 47.1 Å². The lowest BCUT2D eigenvalue weighted by Crippen LogP contribution is -2.41. The second-order valence-electron chi connectivity index (χ2n) is 9.00. The molecule has 0 radical (unpaired) electrons. The summed E-state index contributed by atoms with van der Waals surface area (Å²) < 4.78 is 16.9. The van der Waals surface area contributed by atoms with Crippen molar-refractivity contribution in [3.8, 4) is 0 Å². The third-order valence-electron chi connectivity index (χ3n) is 6.35. The molecule has 2 unspecified atom stereocenters. The van der Waals surface area contributed by atoms with Crippen LogP contribution in [0.5, 0.6) is 0 Å². The van der Waals surface area contributed by atoms with E-state index >= 15 is 0 Å². The minimum Gasteiger partial charge on any atom is -0.483 e. The molecule has 7 nitrogen and oxygen atoms in total. The zero-order chi connectivity index (χ0) is 25.8. The Labute approximate surface area is 219 Å². The van der Waals surface area contributed by atoms with E-state index in [0.717, 1.165) is 37.2 Å². The van der Waals surface area contributed by atoms with E-state index in [9.17, 15) is 4.79 Å². The van der Waals surface area contributed by atoms with Crippen molar-refractivity contribution < 1.29 is 19.0 Å². The van der Waals surface area contributed by atoms with Crippen molar-refractivity contribution in [2.24, 2.45) is 5.92 Å². The maximum atomic E-state index is 13.0. The van der Waals surface area contributed by atoms with Gasteiger partial charge in [0.05, 0.1) is 13.7 Å². The fourth-order valence-electron chi connectivity index (χ4n) is 4.35. The van der Waals surface area contributed by atoms with Crippen LogP contribution >= 0.6 is 11.6 Å². The summed E-state index contributed by atoms with van der Waals surface area (Å²) in [6, 6.07) is 15.3. The van der Waals surface area contributed by atoms with Gasteiger partial charge >= 0.3 is 0 Å². The van der Waals surface area contributed by atoms with Gasteiger partial charge in [0.25, 0.3) is 5.91 Å². The number of amides is 1. The fraction of sp³-hybridized carbons (Fsp3) is 0.464.